The molecule has 0 fully saturated rings. The summed E-state index contributed by atoms with van der Waals surface area (Å²) in [5.41, 5.74) is 7.12. The third-order valence-electron chi connectivity index (χ3n) is 4.13. The van der Waals surface area contributed by atoms with Crippen LogP contribution in [-0.4, -0.2) is 18.0 Å². The second-order valence-corrected chi connectivity index (χ2v) is 7.32. The number of hydrogen-bond acceptors (Lipinski definition) is 3. The molecule has 0 radical (unpaired) electrons. The molecule has 0 aliphatic heterocycles. The van der Waals surface area contributed by atoms with Crippen molar-refractivity contribution >= 4 is 23.7 Å². The van der Waals surface area contributed by atoms with Crippen LogP contribution in [-0.2, 0) is 15.0 Å². The summed E-state index contributed by atoms with van der Waals surface area (Å²) in [7, 11) is 0. The second kappa shape index (κ2) is 7.95. The van der Waals surface area contributed by atoms with Crippen LogP contribution in [0.25, 0.3) is 0 Å². The molecule has 2 aromatic rings. The van der Waals surface area contributed by atoms with Crippen molar-refractivity contribution in [2.45, 2.75) is 40.0 Å². The van der Waals surface area contributed by atoms with Gasteiger partial charge < -0.3 is 5.32 Å². The molecular weight excluding hydrogens is 326 g/mol. The third kappa shape index (κ3) is 5.28. The summed E-state index contributed by atoms with van der Waals surface area (Å²) >= 11 is 0. The minimum absolute atomic E-state index is 0.0797. The summed E-state index contributed by atoms with van der Waals surface area (Å²) in [6.45, 7) is 10.4. The van der Waals surface area contributed by atoms with Gasteiger partial charge in [-0.15, -0.1) is 0 Å². The van der Waals surface area contributed by atoms with Crippen LogP contribution in [0.5, 0.6) is 0 Å². The Morgan fingerprint density at radius 3 is 2.15 bits per heavy atom. The molecule has 0 saturated heterocycles. The maximum atomic E-state index is 11.9. The number of nitrogens with zero attached hydrogens (tertiary/aromatic N) is 1. The molecule has 0 bridgehead atoms. The molecule has 136 valence electrons. The highest BCUT2D eigenvalue weighted by molar-refractivity contribution is 6.39. The molecule has 0 saturated carbocycles. The molecule has 0 aliphatic rings. The van der Waals surface area contributed by atoms with Crippen molar-refractivity contribution in [2.24, 2.45) is 5.10 Å². The number of carbonyl (C=O) groups is 2. The summed E-state index contributed by atoms with van der Waals surface area (Å²) in [4.78, 5) is 23.7. The van der Waals surface area contributed by atoms with Crippen molar-refractivity contribution in [3.63, 3.8) is 0 Å². The zero-order valence-corrected chi connectivity index (χ0v) is 15.9. The molecule has 2 N–H and O–H groups in total. The number of anilines is 1. The molecule has 2 rings (SSSR count). The Balaban J connectivity index is 1.91. The SMILES string of the molecule is Cc1ccc(NC(=O)C(=O)N/N=C\c2ccc(C(C)(C)C)cc2)cc1C. The molecule has 5 heteroatoms. The Hall–Kier alpha value is -2.95. The fraction of sp³-hybridized carbons (Fsp3) is 0.286. The van der Waals surface area contributed by atoms with Gasteiger partial charge in [0.25, 0.3) is 0 Å². The van der Waals surface area contributed by atoms with Crippen LogP contribution >= 0.6 is 0 Å². The minimum Gasteiger partial charge on any atom is -0.318 e. The standard InChI is InChI=1S/C21H25N3O2/c1-14-6-11-18(12-15(14)2)23-19(25)20(26)24-22-13-16-7-9-17(10-8-16)21(3,4)5/h6-13H,1-5H3,(H,23,25)(H,24,26)/b22-13-. The van der Waals surface area contributed by atoms with Gasteiger partial charge >= 0.3 is 11.8 Å². The molecular formula is C21H25N3O2. The number of aryl methyl sites for hydroxylation is 2. The van der Waals surface area contributed by atoms with Crippen molar-refractivity contribution in [1.29, 1.82) is 0 Å². The summed E-state index contributed by atoms with van der Waals surface area (Å²) in [5.74, 6) is -1.57. The number of nitrogens with one attached hydrogen (secondary N) is 2. The molecule has 0 atom stereocenters. The van der Waals surface area contributed by atoms with E-state index in [1.54, 1.807) is 6.07 Å². The lowest BCUT2D eigenvalue weighted by molar-refractivity contribution is -0.136. The van der Waals surface area contributed by atoms with Gasteiger partial charge in [0.05, 0.1) is 6.21 Å². The highest BCUT2D eigenvalue weighted by Gasteiger charge is 2.14. The Bertz CT molecular complexity index is 831. The highest BCUT2D eigenvalue weighted by atomic mass is 16.2. The average molecular weight is 351 g/mol. The average Bonchev–Trinajstić information content (AvgIpc) is 2.57. The van der Waals surface area contributed by atoms with Crippen molar-refractivity contribution < 1.29 is 9.59 Å². The zero-order valence-electron chi connectivity index (χ0n) is 15.9. The monoisotopic (exact) mass is 351 g/mol. The van der Waals surface area contributed by atoms with Gasteiger partial charge in [-0.25, -0.2) is 5.43 Å². The largest absolute Gasteiger partial charge is 0.329 e. The van der Waals surface area contributed by atoms with E-state index in [1.165, 1.54) is 11.8 Å². The van der Waals surface area contributed by atoms with Gasteiger partial charge in [-0.3, -0.25) is 9.59 Å². The van der Waals surface area contributed by atoms with Crippen molar-refractivity contribution in [2.75, 3.05) is 5.32 Å². The molecule has 2 amide bonds. The Kier molecular flexibility index (Phi) is 5.93. The number of hydrazone groups is 1. The summed E-state index contributed by atoms with van der Waals surface area (Å²) in [6, 6.07) is 13.4. The van der Waals surface area contributed by atoms with E-state index in [2.05, 4.69) is 36.6 Å². The number of hydrogen-bond donors (Lipinski definition) is 2. The number of benzene rings is 2. The molecule has 0 aromatic heterocycles. The fourth-order valence-corrected chi connectivity index (χ4v) is 2.29. The Morgan fingerprint density at radius 1 is 0.923 bits per heavy atom. The molecule has 2 aromatic carbocycles. The topological polar surface area (TPSA) is 70.6 Å². The highest BCUT2D eigenvalue weighted by Crippen LogP contribution is 2.21. The van der Waals surface area contributed by atoms with E-state index in [9.17, 15) is 9.59 Å². The molecule has 5 nitrogen and oxygen atoms in total. The molecule has 0 spiro atoms. The lowest BCUT2D eigenvalue weighted by Gasteiger charge is -2.18. The van der Waals surface area contributed by atoms with Gasteiger partial charge in [0.1, 0.15) is 0 Å². The van der Waals surface area contributed by atoms with E-state index in [0.717, 1.165) is 16.7 Å². The van der Waals surface area contributed by atoms with Crippen LogP contribution in [0.3, 0.4) is 0 Å². The minimum atomic E-state index is -0.814. The molecule has 0 heterocycles. The first-order valence-corrected chi connectivity index (χ1v) is 8.49. The summed E-state index contributed by atoms with van der Waals surface area (Å²) in [5, 5.41) is 6.40. The van der Waals surface area contributed by atoms with Gasteiger partial charge in [-0.1, -0.05) is 51.1 Å². The van der Waals surface area contributed by atoms with Gasteiger partial charge in [0.2, 0.25) is 0 Å². The Labute approximate surface area is 154 Å². The van der Waals surface area contributed by atoms with E-state index in [-0.39, 0.29) is 5.41 Å². The van der Waals surface area contributed by atoms with Crippen molar-refractivity contribution in [1.82, 2.24) is 5.43 Å². The van der Waals surface area contributed by atoms with Gasteiger partial charge in [-0.05, 0) is 53.6 Å². The first-order valence-electron chi connectivity index (χ1n) is 8.49. The zero-order chi connectivity index (χ0) is 19.3. The number of rotatable bonds is 3. The first-order chi connectivity index (χ1) is 12.2. The number of carbonyl (C=O) groups excluding carboxylic acids is 2. The van der Waals surface area contributed by atoms with Gasteiger partial charge in [-0.2, -0.15) is 5.10 Å². The molecule has 0 aliphatic carbocycles. The predicted molar refractivity (Wildman–Crippen MR) is 105 cm³/mol. The quantitative estimate of drug-likeness (QED) is 0.503. The maximum Gasteiger partial charge on any atom is 0.329 e. The lowest BCUT2D eigenvalue weighted by Crippen LogP contribution is -2.32. The molecule has 26 heavy (non-hydrogen) atoms. The summed E-state index contributed by atoms with van der Waals surface area (Å²) < 4.78 is 0. The lowest BCUT2D eigenvalue weighted by atomic mass is 9.87. The third-order valence-corrected chi connectivity index (χ3v) is 4.13. The van der Waals surface area contributed by atoms with Crippen LogP contribution in [0.1, 0.15) is 43.0 Å². The van der Waals surface area contributed by atoms with Crippen molar-refractivity contribution in [3.8, 4) is 0 Å². The van der Waals surface area contributed by atoms with E-state index in [4.69, 9.17) is 0 Å². The van der Waals surface area contributed by atoms with E-state index >= 15 is 0 Å². The van der Waals surface area contributed by atoms with Crippen LogP contribution in [0.4, 0.5) is 5.69 Å². The maximum absolute atomic E-state index is 11.9. The Morgan fingerprint density at radius 2 is 1.58 bits per heavy atom. The smallest absolute Gasteiger partial charge is 0.318 e. The summed E-state index contributed by atoms with van der Waals surface area (Å²) in [6.07, 6.45) is 1.51. The van der Waals surface area contributed by atoms with E-state index in [1.807, 2.05) is 50.2 Å². The molecule has 0 unspecified atom stereocenters. The van der Waals surface area contributed by atoms with Gasteiger partial charge in [0, 0.05) is 5.69 Å². The second-order valence-electron chi connectivity index (χ2n) is 7.32. The van der Waals surface area contributed by atoms with Gasteiger partial charge in [0.15, 0.2) is 0 Å². The van der Waals surface area contributed by atoms with E-state index in [0.29, 0.717) is 5.69 Å². The van der Waals surface area contributed by atoms with Crippen molar-refractivity contribution in [3.05, 3.63) is 64.7 Å². The fourth-order valence-electron chi connectivity index (χ4n) is 2.29. The number of amides is 2. The van der Waals surface area contributed by atoms with Crippen LogP contribution in [0.15, 0.2) is 47.6 Å². The first kappa shape index (κ1) is 19.4. The van der Waals surface area contributed by atoms with Crippen LogP contribution < -0.4 is 10.7 Å². The predicted octanol–water partition coefficient (Wildman–Crippen LogP) is 3.69. The van der Waals surface area contributed by atoms with E-state index < -0.39 is 11.8 Å². The van der Waals surface area contributed by atoms with Crippen LogP contribution in [0, 0.1) is 13.8 Å². The normalized spacial score (nSPS) is 11.4. The van der Waals surface area contributed by atoms with Crippen LogP contribution in [0.2, 0.25) is 0 Å².